The number of benzene rings is 1. The van der Waals surface area contributed by atoms with Gasteiger partial charge >= 0.3 is 0 Å². The van der Waals surface area contributed by atoms with Gasteiger partial charge in [-0.3, -0.25) is 0 Å². The Morgan fingerprint density at radius 1 is 1.17 bits per heavy atom. The minimum absolute atomic E-state index is 0.667. The Hall–Kier alpha value is -1.42. The molecule has 130 valence electrons. The van der Waals surface area contributed by atoms with Crippen molar-refractivity contribution in [1.82, 2.24) is 4.90 Å². The molecule has 0 saturated heterocycles. The van der Waals surface area contributed by atoms with Gasteiger partial charge in [-0.2, -0.15) is 0 Å². The van der Waals surface area contributed by atoms with Gasteiger partial charge in [-0.25, -0.2) is 0 Å². The second kappa shape index (κ2) is 9.66. The highest BCUT2D eigenvalue weighted by Crippen LogP contribution is 2.38. The topological polar surface area (TPSA) is 33.7 Å². The molecule has 1 aliphatic rings. The van der Waals surface area contributed by atoms with Crippen molar-refractivity contribution < 1.29 is 9.47 Å². The molecule has 1 aliphatic heterocycles. The fourth-order valence-electron chi connectivity index (χ4n) is 3.00. The van der Waals surface area contributed by atoms with Crippen molar-refractivity contribution in [2.75, 3.05) is 44.7 Å². The summed E-state index contributed by atoms with van der Waals surface area (Å²) in [5, 5.41) is 3.42. The summed E-state index contributed by atoms with van der Waals surface area (Å²) in [7, 11) is 0. The summed E-state index contributed by atoms with van der Waals surface area (Å²) in [6.45, 7) is 12.3. The van der Waals surface area contributed by atoms with Gasteiger partial charge in [-0.05, 0) is 63.5 Å². The maximum atomic E-state index is 5.77. The number of hydrogen-bond acceptors (Lipinski definition) is 4. The average Bonchev–Trinajstić information content (AvgIpc) is 2.58. The third-order valence-corrected chi connectivity index (χ3v) is 4.29. The van der Waals surface area contributed by atoms with Crippen molar-refractivity contribution in [2.24, 2.45) is 0 Å². The quantitative estimate of drug-likeness (QED) is 0.708. The Balaban J connectivity index is 1.95. The van der Waals surface area contributed by atoms with Crippen LogP contribution in [-0.4, -0.2) is 44.3 Å². The fraction of sp³-hybridized carbons (Fsp3) is 0.684. The Labute approximate surface area is 141 Å². The normalized spacial score (nSPS) is 13.4. The number of hydrogen-bond donors (Lipinski definition) is 1. The standard InChI is InChI=1S/C19H32N2O2/c1-4-7-11-21(5-2)12-8-9-16-14-17-19(23-13-10-20-17)18(15-16)22-6-3/h14-15,20H,4-13H2,1-3H3. The lowest BCUT2D eigenvalue weighted by molar-refractivity contribution is 0.276. The summed E-state index contributed by atoms with van der Waals surface area (Å²) in [5.74, 6) is 1.76. The van der Waals surface area contributed by atoms with Gasteiger partial charge in [0.2, 0.25) is 0 Å². The van der Waals surface area contributed by atoms with Crippen molar-refractivity contribution in [3.8, 4) is 11.5 Å². The molecule has 1 aromatic carbocycles. The molecule has 2 rings (SSSR count). The van der Waals surface area contributed by atoms with E-state index in [0.717, 1.165) is 36.7 Å². The van der Waals surface area contributed by atoms with E-state index in [2.05, 4.69) is 36.2 Å². The molecule has 0 bridgehead atoms. The highest BCUT2D eigenvalue weighted by molar-refractivity contribution is 5.66. The van der Waals surface area contributed by atoms with Gasteiger partial charge < -0.3 is 19.7 Å². The third-order valence-electron chi connectivity index (χ3n) is 4.29. The second-order valence-corrected chi connectivity index (χ2v) is 6.07. The summed E-state index contributed by atoms with van der Waals surface area (Å²) in [4.78, 5) is 2.55. The van der Waals surface area contributed by atoms with Crippen LogP contribution >= 0.6 is 0 Å². The minimum Gasteiger partial charge on any atom is -0.490 e. The molecule has 1 heterocycles. The highest BCUT2D eigenvalue weighted by atomic mass is 16.5. The predicted octanol–water partition coefficient (Wildman–Crippen LogP) is 3.94. The van der Waals surface area contributed by atoms with Gasteiger partial charge in [0.15, 0.2) is 11.5 Å². The lowest BCUT2D eigenvalue weighted by Gasteiger charge is -2.23. The van der Waals surface area contributed by atoms with Crippen molar-refractivity contribution in [3.63, 3.8) is 0 Å². The number of nitrogens with one attached hydrogen (secondary N) is 1. The monoisotopic (exact) mass is 320 g/mol. The summed E-state index contributed by atoms with van der Waals surface area (Å²) in [6.07, 6.45) is 4.83. The van der Waals surface area contributed by atoms with Crippen LogP contribution in [0.2, 0.25) is 0 Å². The lowest BCUT2D eigenvalue weighted by Crippen LogP contribution is -2.26. The van der Waals surface area contributed by atoms with Crippen LogP contribution in [0.4, 0.5) is 5.69 Å². The van der Waals surface area contributed by atoms with Gasteiger partial charge in [0, 0.05) is 6.54 Å². The predicted molar refractivity (Wildman–Crippen MR) is 96.9 cm³/mol. The van der Waals surface area contributed by atoms with Gasteiger partial charge in [0.05, 0.1) is 12.3 Å². The van der Waals surface area contributed by atoms with Gasteiger partial charge in [0.1, 0.15) is 6.61 Å². The number of fused-ring (bicyclic) bond motifs is 1. The summed E-state index contributed by atoms with van der Waals surface area (Å²) in [5.41, 5.74) is 2.41. The molecule has 4 nitrogen and oxygen atoms in total. The van der Waals surface area contributed by atoms with E-state index in [-0.39, 0.29) is 0 Å². The molecule has 0 atom stereocenters. The van der Waals surface area contributed by atoms with E-state index in [4.69, 9.17) is 9.47 Å². The van der Waals surface area contributed by atoms with Gasteiger partial charge in [0.25, 0.3) is 0 Å². The van der Waals surface area contributed by atoms with Gasteiger partial charge in [-0.15, -0.1) is 0 Å². The van der Waals surface area contributed by atoms with Crippen LogP contribution in [0.25, 0.3) is 0 Å². The van der Waals surface area contributed by atoms with E-state index in [9.17, 15) is 0 Å². The lowest BCUT2D eigenvalue weighted by atomic mass is 10.1. The van der Waals surface area contributed by atoms with Crippen LogP contribution in [0.15, 0.2) is 12.1 Å². The smallest absolute Gasteiger partial charge is 0.184 e. The van der Waals surface area contributed by atoms with Crippen LogP contribution in [-0.2, 0) is 6.42 Å². The maximum Gasteiger partial charge on any atom is 0.184 e. The molecular formula is C19H32N2O2. The number of ether oxygens (including phenoxy) is 2. The third kappa shape index (κ3) is 5.31. The Kier molecular flexibility index (Phi) is 7.53. The molecule has 0 amide bonds. The van der Waals surface area contributed by atoms with Crippen LogP contribution in [0, 0.1) is 0 Å². The first-order valence-corrected chi connectivity index (χ1v) is 9.17. The molecule has 0 spiro atoms. The molecule has 0 saturated carbocycles. The number of unbranched alkanes of at least 4 members (excludes halogenated alkanes) is 1. The minimum atomic E-state index is 0.667. The Bertz CT molecular complexity index is 477. The molecule has 4 heteroatoms. The molecule has 23 heavy (non-hydrogen) atoms. The van der Waals surface area contributed by atoms with Crippen molar-refractivity contribution in [1.29, 1.82) is 0 Å². The SMILES string of the molecule is CCCCN(CC)CCCc1cc2c(c(OCC)c1)OCCN2. The highest BCUT2D eigenvalue weighted by Gasteiger charge is 2.17. The maximum absolute atomic E-state index is 5.77. The first kappa shape index (κ1) is 17.9. The molecule has 1 aromatic rings. The van der Waals surface area contributed by atoms with Crippen LogP contribution in [0.1, 0.15) is 45.6 Å². The summed E-state index contributed by atoms with van der Waals surface area (Å²) < 4.78 is 11.5. The zero-order valence-corrected chi connectivity index (χ0v) is 15.0. The first-order chi connectivity index (χ1) is 11.3. The van der Waals surface area contributed by atoms with Crippen LogP contribution in [0.3, 0.4) is 0 Å². The molecule has 0 aliphatic carbocycles. The summed E-state index contributed by atoms with van der Waals surface area (Å²) >= 11 is 0. The number of aryl methyl sites for hydroxylation is 1. The zero-order valence-electron chi connectivity index (χ0n) is 15.0. The Morgan fingerprint density at radius 2 is 2.00 bits per heavy atom. The van der Waals surface area contributed by atoms with Crippen molar-refractivity contribution >= 4 is 5.69 Å². The zero-order chi connectivity index (χ0) is 16.5. The van der Waals surface area contributed by atoms with E-state index in [1.54, 1.807) is 0 Å². The second-order valence-electron chi connectivity index (χ2n) is 6.07. The van der Waals surface area contributed by atoms with Gasteiger partial charge in [-0.1, -0.05) is 20.3 Å². The molecular weight excluding hydrogens is 288 g/mol. The molecule has 0 aromatic heterocycles. The Morgan fingerprint density at radius 3 is 2.74 bits per heavy atom. The van der Waals surface area contributed by atoms with Crippen LogP contribution < -0.4 is 14.8 Å². The summed E-state index contributed by atoms with van der Waals surface area (Å²) in [6, 6.07) is 4.37. The van der Waals surface area contributed by atoms with Crippen molar-refractivity contribution in [3.05, 3.63) is 17.7 Å². The fourth-order valence-corrected chi connectivity index (χ4v) is 3.00. The molecule has 0 fully saturated rings. The van der Waals surface area contributed by atoms with E-state index in [1.165, 1.54) is 37.9 Å². The largest absolute Gasteiger partial charge is 0.490 e. The van der Waals surface area contributed by atoms with Crippen molar-refractivity contribution in [2.45, 2.75) is 46.5 Å². The number of rotatable bonds is 10. The van der Waals surface area contributed by atoms with E-state index in [1.807, 2.05) is 6.92 Å². The molecule has 0 radical (unpaired) electrons. The first-order valence-electron chi connectivity index (χ1n) is 9.17. The molecule has 0 unspecified atom stereocenters. The average molecular weight is 320 g/mol. The molecule has 1 N–H and O–H groups in total. The van der Waals surface area contributed by atoms with E-state index < -0.39 is 0 Å². The van der Waals surface area contributed by atoms with E-state index in [0.29, 0.717) is 13.2 Å². The van der Waals surface area contributed by atoms with Crippen LogP contribution in [0.5, 0.6) is 11.5 Å². The number of anilines is 1. The number of nitrogens with zero attached hydrogens (tertiary/aromatic N) is 1. The van der Waals surface area contributed by atoms with E-state index >= 15 is 0 Å².